The number of rotatable bonds is 11. The number of methoxy groups -OCH3 is 2. The Bertz CT molecular complexity index is 1040. The summed E-state index contributed by atoms with van der Waals surface area (Å²) in [5.41, 5.74) is 2.44. The Morgan fingerprint density at radius 1 is 1.12 bits per heavy atom. The number of ether oxygens (including phenoxy) is 2. The van der Waals surface area contributed by atoms with Crippen LogP contribution >= 0.6 is 11.8 Å². The predicted octanol–water partition coefficient (Wildman–Crippen LogP) is 3.03. The molecule has 0 radical (unpaired) electrons. The monoisotopic (exact) mass is 459 g/mol. The van der Waals surface area contributed by atoms with E-state index in [2.05, 4.69) is 10.3 Å². The Hall–Kier alpha value is -3.04. The molecule has 0 aliphatic heterocycles. The number of thioether (sulfide) groups is 1. The third-order valence-electron chi connectivity index (χ3n) is 4.73. The van der Waals surface area contributed by atoms with Gasteiger partial charge < -0.3 is 24.5 Å². The third-order valence-corrected chi connectivity index (χ3v) is 5.72. The first kappa shape index (κ1) is 23.6. The van der Waals surface area contributed by atoms with E-state index in [1.165, 1.54) is 23.9 Å². The number of nitrogens with zero attached hydrogens (tertiary/aromatic N) is 2. The van der Waals surface area contributed by atoms with Crippen molar-refractivity contribution in [1.29, 1.82) is 0 Å². The van der Waals surface area contributed by atoms with Gasteiger partial charge in [0.1, 0.15) is 5.82 Å². The number of halogens is 1. The Balaban J connectivity index is 1.52. The van der Waals surface area contributed by atoms with Crippen LogP contribution in [0.15, 0.2) is 53.8 Å². The van der Waals surface area contributed by atoms with E-state index < -0.39 is 0 Å². The maximum absolute atomic E-state index is 13.1. The first-order valence-corrected chi connectivity index (χ1v) is 11.0. The number of carbonyl (C=O) groups is 1. The van der Waals surface area contributed by atoms with Gasteiger partial charge in [-0.3, -0.25) is 4.79 Å². The summed E-state index contributed by atoms with van der Waals surface area (Å²) in [4.78, 5) is 16.7. The summed E-state index contributed by atoms with van der Waals surface area (Å²) in [6.07, 6.45) is 2.39. The van der Waals surface area contributed by atoms with Gasteiger partial charge in [0.15, 0.2) is 16.7 Å². The van der Waals surface area contributed by atoms with Crippen LogP contribution in [0.2, 0.25) is 0 Å². The minimum Gasteiger partial charge on any atom is -0.493 e. The summed E-state index contributed by atoms with van der Waals surface area (Å²) in [7, 11) is 3.17. The number of carbonyl (C=O) groups excluding carboxylic acids is 1. The molecule has 0 bridgehead atoms. The molecule has 0 saturated carbocycles. The van der Waals surface area contributed by atoms with E-state index in [1.54, 1.807) is 32.5 Å². The highest BCUT2D eigenvalue weighted by molar-refractivity contribution is 7.99. The van der Waals surface area contributed by atoms with E-state index in [0.717, 1.165) is 11.1 Å². The highest BCUT2D eigenvalue weighted by Gasteiger charge is 2.12. The summed E-state index contributed by atoms with van der Waals surface area (Å²) in [6, 6.07) is 11.9. The zero-order chi connectivity index (χ0) is 22.9. The molecule has 3 aromatic rings. The van der Waals surface area contributed by atoms with Crippen LogP contribution in [-0.2, 0) is 24.4 Å². The Morgan fingerprint density at radius 3 is 2.53 bits per heavy atom. The van der Waals surface area contributed by atoms with Gasteiger partial charge in [0, 0.05) is 19.3 Å². The standard InChI is InChI=1S/C23H26FN3O4S/c1-30-20-8-5-16(11-21(20)31-2)9-10-25-22(29)15-32-23-26-19(14-28)13-27(23)12-17-3-6-18(24)7-4-17/h3-8,11,13,28H,9-10,12,14-15H2,1-2H3,(H,25,29). The van der Waals surface area contributed by atoms with Gasteiger partial charge in [0.25, 0.3) is 0 Å². The van der Waals surface area contributed by atoms with Gasteiger partial charge in [-0.1, -0.05) is 30.0 Å². The number of imidazole rings is 1. The highest BCUT2D eigenvalue weighted by atomic mass is 32.2. The fourth-order valence-corrected chi connectivity index (χ4v) is 3.93. The number of aromatic nitrogens is 2. The van der Waals surface area contributed by atoms with Crippen molar-refractivity contribution in [3.63, 3.8) is 0 Å². The van der Waals surface area contributed by atoms with Gasteiger partial charge in [0.05, 0.1) is 32.3 Å². The molecule has 0 aliphatic rings. The lowest BCUT2D eigenvalue weighted by Crippen LogP contribution is -2.27. The maximum Gasteiger partial charge on any atom is 0.230 e. The van der Waals surface area contributed by atoms with Crippen LogP contribution in [0.3, 0.4) is 0 Å². The van der Waals surface area contributed by atoms with Crippen LogP contribution in [0.1, 0.15) is 16.8 Å². The van der Waals surface area contributed by atoms with Crippen molar-refractivity contribution >= 4 is 17.7 Å². The van der Waals surface area contributed by atoms with Gasteiger partial charge in [-0.15, -0.1) is 0 Å². The van der Waals surface area contributed by atoms with E-state index in [9.17, 15) is 14.3 Å². The zero-order valence-electron chi connectivity index (χ0n) is 18.0. The Kier molecular flexibility index (Phi) is 8.52. The SMILES string of the molecule is COc1ccc(CCNC(=O)CSc2nc(CO)cn2Cc2ccc(F)cc2)cc1OC. The molecule has 2 aromatic carbocycles. The number of amides is 1. The van der Waals surface area contributed by atoms with Gasteiger partial charge >= 0.3 is 0 Å². The number of benzene rings is 2. The Morgan fingerprint density at radius 2 is 1.84 bits per heavy atom. The van der Waals surface area contributed by atoms with Crippen molar-refractivity contribution in [2.24, 2.45) is 0 Å². The fourth-order valence-electron chi connectivity index (χ4n) is 3.11. The van der Waals surface area contributed by atoms with Crippen molar-refractivity contribution in [1.82, 2.24) is 14.9 Å². The van der Waals surface area contributed by atoms with Crippen molar-refractivity contribution in [3.05, 3.63) is 71.3 Å². The van der Waals surface area contributed by atoms with Crippen molar-refractivity contribution in [3.8, 4) is 11.5 Å². The number of hydrogen-bond acceptors (Lipinski definition) is 6. The molecule has 1 heterocycles. The smallest absolute Gasteiger partial charge is 0.230 e. The number of hydrogen-bond donors (Lipinski definition) is 2. The lowest BCUT2D eigenvalue weighted by Gasteiger charge is -2.10. The van der Waals surface area contributed by atoms with Crippen LogP contribution in [-0.4, -0.2) is 47.1 Å². The molecule has 9 heteroatoms. The topological polar surface area (TPSA) is 85.6 Å². The minimum absolute atomic E-state index is 0.114. The van der Waals surface area contributed by atoms with Crippen LogP contribution in [0.25, 0.3) is 0 Å². The summed E-state index contributed by atoms with van der Waals surface area (Å²) >= 11 is 1.29. The molecule has 7 nitrogen and oxygen atoms in total. The van der Waals surface area contributed by atoms with Crippen molar-refractivity contribution < 1.29 is 23.8 Å². The molecule has 3 rings (SSSR count). The minimum atomic E-state index is -0.296. The van der Waals surface area contributed by atoms with E-state index in [0.29, 0.717) is 41.9 Å². The second-order valence-electron chi connectivity index (χ2n) is 7.01. The second kappa shape index (κ2) is 11.5. The molecule has 0 fully saturated rings. The first-order chi connectivity index (χ1) is 15.5. The summed E-state index contributed by atoms with van der Waals surface area (Å²) < 4.78 is 25.5. The molecule has 1 aromatic heterocycles. The molecule has 0 unspecified atom stereocenters. The van der Waals surface area contributed by atoms with E-state index in [-0.39, 0.29) is 24.1 Å². The van der Waals surface area contributed by atoms with Crippen LogP contribution < -0.4 is 14.8 Å². The molecule has 32 heavy (non-hydrogen) atoms. The quantitative estimate of drug-likeness (QED) is 0.429. The molecule has 0 aliphatic carbocycles. The number of nitrogens with one attached hydrogen (secondary N) is 1. The average Bonchev–Trinajstić information content (AvgIpc) is 3.20. The molecule has 0 saturated heterocycles. The lowest BCUT2D eigenvalue weighted by molar-refractivity contribution is -0.118. The van der Waals surface area contributed by atoms with Crippen LogP contribution in [0.5, 0.6) is 11.5 Å². The molecular weight excluding hydrogens is 433 g/mol. The van der Waals surface area contributed by atoms with Crippen molar-refractivity contribution in [2.45, 2.75) is 24.7 Å². The van der Waals surface area contributed by atoms with Gasteiger partial charge in [-0.05, 0) is 41.8 Å². The van der Waals surface area contributed by atoms with Crippen LogP contribution in [0, 0.1) is 5.82 Å². The van der Waals surface area contributed by atoms with E-state index in [4.69, 9.17) is 9.47 Å². The molecule has 0 spiro atoms. The van der Waals surface area contributed by atoms with Gasteiger partial charge in [0.2, 0.25) is 5.91 Å². The average molecular weight is 460 g/mol. The lowest BCUT2D eigenvalue weighted by atomic mass is 10.1. The second-order valence-corrected chi connectivity index (χ2v) is 7.95. The Labute approximate surface area is 190 Å². The van der Waals surface area contributed by atoms with Gasteiger partial charge in [-0.25, -0.2) is 9.37 Å². The maximum atomic E-state index is 13.1. The van der Waals surface area contributed by atoms with Crippen molar-refractivity contribution in [2.75, 3.05) is 26.5 Å². The molecule has 0 atom stereocenters. The zero-order valence-corrected chi connectivity index (χ0v) is 18.8. The third kappa shape index (κ3) is 6.48. The molecular formula is C23H26FN3O4S. The summed E-state index contributed by atoms with van der Waals surface area (Å²) in [6.45, 7) is 0.763. The van der Waals surface area contributed by atoms with E-state index >= 15 is 0 Å². The molecule has 170 valence electrons. The molecule has 1 amide bonds. The van der Waals surface area contributed by atoms with E-state index in [1.807, 2.05) is 22.8 Å². The number of aliphatic hydroxyl groups is 1. The molecule has 2 N–H and O–H groups in total. The first-order valence-electron chi connectivity index (χ1n) is 10.0. The fraction of sp³-hybridized carbons (Fsp3) is 0.304. The normalized spacial score (nSPS) is 10.8. The summed E-state index contributed by atoms with van der Waals surface area (Å²) in [5.74, 6) is 1.10. The highest BCUT2D eigenvalue weighted by Crippen LogP contribution is 2.27. The van der Waals surface area contributed by atoms with Crippen LogP contribution in [0.4, 0.5) is 4.39 Å². The summed E-state index contributed by atoms with van der Waals surface area (Å²) in [5, 5.41) is 12.9. The number of aliphatic hydroxyl groups excluding tert-OH is 1. The van der Waals surface area contributed by atoms with Gasteiger partial charge in [-0.2, -0.15) is 0 Å². The largest absolute Gasteiger partial charge is 0.493 e. The predicted molar refractivity (Wildman–Crippen MR) is 121 cm³/mol.